The molecule has 250 valence electrons. The zero-order valence-corrected chi connectivity index (χ0v) is 29.0. The van der Waals surface area contributed by atoms with Crippen LogP contribution in [0.5, 0.6) is 0 Å². The van der Waals surface area contributed by atoms with Crippen LogP contribution < -0.4 is 4.90 Å². The minimum atomic E-state index is 0.351. The highest BCUT2D eigenvalue weighted by Gasteiger charge is 2.33. The van der Waals surface area contributed by atoms with Crippen LogP contribution in [0.4, 0.5) is 5.69 Å². The molecule has 7 aromatic rings. The normalized spacial score (nSPS) is 19.5. The lowest BCUT2D eigenvalue weighted by atomic mass is 9.74. The van der Waals surface area contributed by atoms with Gasteiger partial charge in [-0.15, -0.1) is 0 Å². The highest BCUT2D eigenvalue weighted by atomic mass is 16.3. The van der Waals surface area contributed by atoms with Crippen LogP contribution in [0, 0.1) is 5.92 Å². The maximum absolute atomic E-state index is 6.24. The van der Waals surface area contributed by atoms with Crippen molar-refractivity contribution in [2.45, 2.75) is 31.1 Å². The molecule has 1 aromatic heterocycles. The molecule has 52 heavy (non-hydrogen) atoms. The third kappa shape index (κ3) is 5.34. The highest BCUT2D eigenvalue weighted by molar-refractivity contribution is 6.19. The van der Waals surface area contributed by atoms with Gasteiger partial charge in [0.1, 0.15) is 11.2 Å². The number of fused-ring (bicyclic) bond motifs is 6. The first-order valence-corrected chi connectivity index (χ1v) is 18.6. The van der Waals surface area contributed by atoms with Crippen LogP contribution in [0.15, 0.2) is 192 Å². The number of rotatable bonds is 6. The molecule has 10 rings (SSSR count). The van der Waals surface area contributed by atoms with E-state index in [-0.39, 0.29) is 0 Å². The van der Waals surface area contributed by atoms with Crippen LogP contribution in [0.25, 0.3) is 49.9 Å². The van der Waals surface area contributed by atoms with Crippen molar-refractivity contribution in [2.75, 3.05) is 4.90 Å². The molecule has 0 spiro atoms. The molecule has 0 radical (unpaired) electrons. The van der Waals surface area contributed by atoms with Gasteiger partial charge in [0.2, 0.25) is 0 Å². The molecule has 0 aliphatic heterocycles. The number of allylic oxidation sites excluding steroid dienone is 8. The van der Waals surface area contributed by atoms with Gasteiger partial charge >= 0.3 is 0 Å². The smallest absolute Gasteiger partial charge is 0.136 e. The van der Waals surface area contributed by atoms with Gasteiger partial charge in [0.25, 0.3) is 0 Å². The van der Waals surface area contributed by atoms with Crippen molar-refractivity contribution in [2.24, 2.45) is 5.92 Å². The first-order chi connectivity index (χ1) is 25.8. The van der Waals surface area contributed by atoms with Crippen molar-refractivity contribution in [3.8, 4) is 11.1 Å². The largest absolute Gasteiger partial charge is 0.456 e. The van der Waals surface area contributed by atoms with E-state index in [0.29, 0.717) is 17.8 Å². The Hall–Kier alpha value is -6.12. The molecular formula is C50H39NO. The average Bonchev–Trinajstić information content (AvgIpc) is 3.61. The molecule has 0 saturated carbocycles. The summed E-state index contributed by atoms with van der Waals surface area (Å²) in [6.45, 7) is 0. The Morgan fingerprint density at radius 1 is 0.596 bits per heavy atom. The second-order valence-electron chi connectivity index (χ2n) is 14.3. The molecule has 3 aliphatic rings. The first kappa shape index (κ1) is 30.7. The van der Waals surface area contributed by atoms with Crippen LogP contribution in [-0.4, -0.2) is 0 Å². The van der Waals surface area contributed by atoms with E-state index in [1.165, 1.54) is 61.1 Å². The monoisotopic (exact) mass is 669 g/mol. The van der Waals surface area contributed by atoms with Gasteiger partial charge in [-0.05, 0) is 106 Å². The summed E-state index contributed by atoms with van der Waals surface area (Å²) in [4.78, 5) is 2.54. The summed E-state index contributed by atoms with van der Waals surface area (Å²) < 4.78 is 6.24. The van der Waals surface area contributed by atoms with Crippen LogP contribution in [0.3, 0.4) is 0 Å². The number of benzene rings is 6. The van der Waals surface area contributed by atoms with Crippen LogP contribution in [-0.2, 0) is 0 Å². The van der Waals surface area contributed by atoms with Gasteiger partial charge in [0.05, 0.1) is 0 Å². The summed E-state index contributed by atoms with van der Waals surface area (Å²) in [5.41, 5.74) is 12.2. The maximum atomic E-state index is 6.24. The van der Waals surface area contributed by atoms with Crippen molar-refractivity contribution < 1.29 is 4.42 Å². The standard InChI is InChI=1S/C50H39NO/c1-2-11-34(12-3-1)35-23-28-40(29-24-35)51(47-19-8-6-16-44(47)43-18-10-14-37-13-4-5-15-42(37)43)41-30-25-36(26-31-41)39-22-21-38-27-32-49-50(46(38)33-39)45-17-7-9-20-48(45)52-49/h1-15,17,19-23,25-33,35,43-44H,16,18,24H2. The third-order valence-electron chi connectivity index (χ3n) is 11.4. The van der Waals surface area contributed by atoms with E-state index in [9.17, 15) is 0 Å². The predicted molar refractivity (Wildman–Crippen MR) is 218 cm³/mol. The molecule has 3 unspecified atom stereocenters. The van der Waals surface area contributed by atoms with Crippen molar-refractivity contribution in [3.05, 3.63) is 204 Å². The fraction of sp³-hybridized carbons (Fsp3) is 0.120. The zero-order valence-electron chi connectivity index (χ0n) is 29.0. The SMILES string of the molecule is C1=CCC(C2CC=Cc3ccccc32)C(N(C2=CCC(c3ccccc3)C=C2)c2ccc(-c3ccc4ccc5oc6ccccc6c5c4c3)cc2)=C1. The van der Waals surface area contributed by atoms with E-state index < -0.39 is 0 Å². The molecule has 0 fully saturated rings. The van der Waals surface area contributed by atoms with Gasteiger partial charge in [-0.2, -0.15) is 0 Å². The number of furan rings is 1. The minimum absolute atomic E-state index is 0.351. The van der Waals surface area contributed by atoms with E-state index >= 15 is 0 Å². The summed E-state index contributed by atoms with van der Waals surface area (Å²) in [5, 5.41) is 4.79. The number of nitrogens with zero attached hydrogens (tertiary/aromatic N) is 1. The van der Waals surface area contributed by atoms with Crippen molar-refractivity contribution in [1.82, 2.24) is 0 Å². The molecular weight excluding hydrogens is 631 g/mol. The Morgan fingerprint density at radius 2 is 1.38 bits per heavy atom. The van der Waals surface area contributed by atoms with E-state index in [4.69, 9.17) is 4.42 Å². The summed E-state index contributed by atoms with van der Waals surface area (Å²) in [6.07, 6.45) is 21.9. The lowest BCUT2D eigenvalue weighted by Gasteiger charge is -2.40. The Labute approximate surface area is 305 Å². The number of hydrogen-bond donors (Lipinski definition) is 0. The lowest BCUT2D eigenvalue weighted by Crippen LogP contribution is -2.31. The first-order valence-electron chi connectivity index (χ1n) is 18.6. The quantitative estimate of drug-likeness (QED) is 0.175. The summed E-state index contributed by atoms with van der Waals surface area (Å²) in [6, 6.07) is 48.5. The molecule has 0 amide bonds. The number of anilines is 1. The van der Waals surface area contributed by atoms with Crippen LogP contribution in [0.1, 0.15) is 47.8 Å². The van der Waals surface area contributed by atoms with Crippen molar-refractivity contribution in [3.63, 3.8) is 0 Å². The lowest BCUT2D eigenvalue weighted by molar-refractivity contribution is 0.475. The van der Waals surface area contributed by atoms with Crippen molar-refractivity contribution in [1.29, 1.82) is 0 Å². The average molecular weight is 670 g/mol. The zero-order chi connectivity index (χ0) is 34.4. The molecule has 2 heteroatoms. The Balaban J connectivity index is 1.05. The van der Waals surface area contributed by atoms with Crippen LogP contribution in [0.2, 0.25) is 0 Å². The van der Waals surface area contributed by atoms with Gasteiger partial charge in [-0.1, -0.05) is 140 Å². The second kappa shape index (κ2) is 12.9. The molecule has 3 atom stereocenters. The molecule has 0 bridgehead atoms. The van der Waals surface area contributed by atoms with Gasteiger partial charge in [0, 0.05) is 39.7 Å². The topological polar surface area (TPSA) is 16.4 Å². The Morgan fingerprint density at radius 3 is 2.27 bits per heavy atom. The van der Waals surface area contributed by atoms with Gasteiger partial charge in [0.15, 0.2) is 0 Å². The molecule has 0 saturated heterocycles. The number of para-hydroxylation sites is 1. The highest BCUT2D eigenvalue weighted by Crippen LogP contribution is 2.46. The van der Waals surface area contributed by atoms with Gasteiger partial charge in [-0.25, -0.2) is 0 Å². The number of hydrogen-bond acceptors (Lipinski definition) is 2. The summed E-state index contributed by atoms with van der Waals surface area (Å²) in [5.74, 6) is 1.15. The van der Waals surface area contributed by atoms with E-state index in [0.717, 1.165) is 35.8 Å². The Bertz CT molecular complexity index is 2610. The minimum Gasteiger partial charge on any atom is -0.456 e. The van der Waals surface area contributed by atoms with E-state index in [2.05, 4.69) is 181 Å². The van der Waals surface area contributed by atoms with E-state index in [1.807, 2.05) is 6.07 Å². The van der Waals surface area contributed by atoms with Gasteiger partial charge < -0.3 is 9.32 Å². The van der Waals surface area contributed by atoms with Crippen LogP contribution >= 0.6 is 0 Å². The van der Waals surface area contributed by atoms with Crippen molar-refractivity contribution >= 4 is 44.5 Å². The van der Waals surface area contributed by atoms with Gasteiger partial charge in [-0.3, -0.25) is 0 Å². The molecule has 2 nitrogen and oxygen atoms in total. The maximum Gasteiger partial charge on any atom is 0.136 e. The molecule has 0 N–H and O–H groups in total. The molecule has 3 aliphatic carbocycles. The fourth-order valence-corrected chi connectivity index (χ4v) is 8.79. The summed E-state index contributed by atoms with van der Waals surface area (Å²) in [7, 11) is 0. The molecule has 1 heterocycles. The summed E-state index contributed by atoms with van der Waals surface area (Å²) >= 11 is 0. The predicted octanol–water partition coefficient (Wildman–Crippen LogP) is 13.5. The third-order valence-corrected chi connectivity index (χ3v) is 11.4. The van der Waals surface area contributed by atoms with E-state index in [1.54, 1.807) is 0 Å². The Kier molecular flexibility index (Phi) is 7.61. The molecule has 6 aromatic carbocycles. The second-order valence-corrected chi connectivity index (χ2v) is 14.3. The fourth-order valence-electron chi connectivity index (χ4n) is 8.79.